The lowest BCUT2D eigenvalue weighted by molar-refractivity contribution is -0.143. The maximum atomic E-state index is 12.9. The van der Waals surface area contributed by atoms with Gasteiger partial charge in [0.05, 0.1) is 18.4 Å². The van der Waals surface area contributed by atoms with Crippen LogP contribution in [0.2, 0.25) is 0 Å². The highest BCUT2D eigenvalue weighted by atomic mass is 32.1. The summed E-state index contributed by atoms with van der Waals surface area (Å²) < 4.78 is 48.7. The summed E-state index contributed by atoms with van der Waals surface area (Å²) in [5.41, 5.74) is 3.16. The lowest BCUT2D eigenvalue weighted by Crippen LogP contribution is -2.13. The zero-order valence-electron chi connectivity index (χ0n) is 19.7. The van der Waals surface area contributed by atoms with E-state index in [1.807, 2.05) is 19.1 Å². The predicted octanol–water partition coefficient (Wildman–Crippen LogP) is 6.99. The van der Waals surface area contributed by atoms with Gasteiger partial charge in [-0.3, -0.25) is 0 Å². The smallest absolute Gasteiger partial charge is 0.416 e. The molecule has 0 aliphatic heterocycles. The van der Waals surface area contributed by atoms with E-state index in [2.05, 4.69) is 24.7 Å². The number of benzene rings is 2. The second-order valence-electron chi connectivity index (χ2n) is 8.38. The van der Waals surface area contributed by atoms with E-state index in [0.717, 1.165) is 47.7 Å². The Morgan fingerprint density at radius 1 is 1.09 bits per heavy atom. The van der Waals surface area contributed by atoms with E-state index in [1.165, 1.54) is 29.7 Å². The molecule has 0 spiro atoms. The Kier molecular flexibility index (Phi) is 8.36. The molecule has 0 atom stereocenters. The lowest BCUT2D eigenvalue weighted by Gasteiger charge is -2.10. The summed E-state index contributed by atoms with van der Waals surface area (Å²) in [5, 5.41) is 0.746. The molecule has 0 radical (unpaired) electrons. The summed E-state index contributed by atoms with van der Waals surface area (Å²) in [5.74, 6) is 0.451. The van der Waals surface area contributed by atoms with Crippen LogP contribution < -0.4 is 4.74 Å². The van der Waals surface area contributed by atoms with Crippen LogP contribution in [0.25, 0.3) is 10.6 Å². The van der Waals surface area contributed by atoms with E-state index in [4.69, 9.17) is 9.72 Å². The van der Waals surface area contributed by atoms with Crippen LogP contribution in [0.4, 0.5) is 13.2 Å². The number of aromatic nitrogens is 1. The predicted molar refractivity (Wildman–Crippen MR) is 127 cm³/mol. The third kappa shape index (κ3) is 6.59. The summed E-state index contributed by atoms with van der Waals surface area (Å²) >= 11 is 1.55. The number of carbonyl (C=O) groups excluding carboxylic acids is 1. The Hall–Kier alpha value is -2.87. The Bertz CT molecular complexity index is 1120. The first-order valence-electron chi connectivity index (χ1n) is 11.0. The first-order chi connectivity index (χ1) is 16.1. The molecular weight excluding hydrogens is 463 g/mol. The van der Waals surface area contributed by atoms with E-state index in [-0.39, 0.29) is 12.5 Å². The minimum atomic E-state index is -4.35. The average molecular weight is 492 g/mol. The van der Waals surface area contributed by atoms with Crippen molar-refractivity contribution in [1.82, 2.24) is 4.98 Å². The summed E-state index contributed by atoms with van der Waals surface area (Å²) in [6, 6.07) is 11.1. The number of thiazole rings is 1. The highest BCUT2D eigenvalue weighted by molar-refractivity contribution is 7.15. The molecule has 3 aromatic rings. The van der Waals surface area contributed by atoms with Crippen LogP contribution in [0.15, 0.2) is 42.5 Å². The zero-order valence-corrected chi connectivity index (χ0v) is 20.5. The fraction of sp³-hybridized carbons (Fsp3) is 0.385. The third-order valence-corrected chi connectivity index (χ3v) is 6.60. The van der Waals surface area contributed by atoms with Gasteiger partial charge in [0.2, 0.25) is 0 Å². The van der Waals surface area contributed by atoms with Gasteiger partial charge in [0, 0.05) is 10.4 Å². The highest BCUT2D eigenvalue weighted by Gasteiger charge is 2.30. The maximum absolute atomic E-state index is 12.9. The number of nitrogens with zero attached hydrogens (tertiary/aromatic N) is 1. The Balaban J connectivity index is 1.66. The van der Waals surface area contributed by atoms with Crippen LogP contribution in [0.5, 0.6) is 5.75 Å². The molecule has 2 aromatic carbocycles. The molecule has 0 bridgehead atoms. The van der Waals surface area contributed by atoms with Gasteiger partial charge in [-0.05, 0) is 61.4 Å². The van der Waals surface area contributed by atoms with Crippen LogP contribution in [0, 0.1) is 6.92 Å². The van der Waals surface area contributed by atoms with E-state index in [9.17, 15) is 18.0 Å². The van der Waals surface area contributed by atoms with Crippen LogP contribution in [-0.2, 0) is 28.5 Å². The molecule has 0 amide bonds. The van der Waals surface area contributed by atoms with Crippen molar-refractivity contribution in [2.75, 3.05) is 13.7 Å². The van der Waals surface area contributed by atoms with Gasteiger partial charge in [0.15, 0.2) is 6.61 Å². The Morgan fingerprint density at radius 2 is 1.79 bits per heavy atom. The van der Waals surface area contributed by atoms with Crippen LogP contribution in [-0.4, -0.2) is 24.7 Å². The number of alkyl halides is 3. The van der Waals surface area contributed by atoms with Crippen molar-refractivity contribution < 1.29 is 27.4 Å². The largest absolute Gasteiger partial charge is 0.482 e. The summed E-state index contributed by atoms with van der Waals surface area (Å²) in [6.07, 6.45) is -1.73. The van der Waals surface area contributed by atoms with Gasteiger partial charge in [-0.15, -0.1) is 11.3 Å². The van der Waals surface area contributed by atoms with Gasteiger partial charge in [-0.2, -0.15) is 13.2 Å². The topological polar surface area (TPSA) is 48.4 Å². The summed E-state index contributed by atoms with van der Waals surface area (Å²) in [7, 11) is 1.32. The van der Waals surface area contributed by atoms with Gasteiger partial charge in [0.1, 0.15) is 10.8 Å². The molecule has 0 unspecified atom stereocenters. The molecule has 182 valence electrons. The Morgan fingerprint density at radius 3 is 2.38 bits per heavy atom. The minimum Gasteiger partial charge on any atom is -0.482 e. The second-order valence-corrected chi connectivity index (χ2v) is 9.46. The Labute approximate surface area is 201 Å². The van der Waals surface area contributed by atoms with Gasteiger partial charge < -0.3 is 9.47 Å². The minimum absolute atomic E-state index is 0.124. The first-order valence-corrected chi connectivity index (χ1v) is 11.9. The number of esters is 1. The molecule has 1 heterocycles. The van der Waals surface area contributed by atoms with Crippen molar-refractivity contribution in [3.63, 3.8) is 0 Å². The molecule has 34 heavy (non-hydrogen) atoms. The molecule has 8 heteroatoms. The fourth-order valence-electron chi connectivity index (χ4n) is 3.60. The standard InChI is InChI=1S/C26H28F3NO3S/c1-16(2)24-22(34-25(30-24)19-9-11-20(12-10-19)26(27,28)29)7-5-6-18-8-13-21(17(3)14-18)33-15-23(31)32-4/h8-14,16H,5-7,15H2,1-4H3. The number of halogens is 3. The normalized spacial score (nSPS) is 11.6. The number of hydrogen-bond acceptors (Lipinski definition) is 5. The first kappa shape index (κ1) is 25.7. The van der Waals surface area contributed by atoms with Gasteiger partial charge in [0.25, 0.3) is 0 Å². The second kappa shape index (κ2) is 11.0. The molecule has 0 aliphatic carbocycles. The van der Waals surface area contributed by atoms with E-state index in [0.29, 0.717) is 11.3 Å². The van der Waals surface area contributed by atoms with Crippen LogP contribution in [0.3, 0.4) is 0 Å². The van der Waals surface area contributed by atoms with Gasteiger partial charge >= 0.3 is 12.1 Å². The average Bonchev–Trinajstić information content (AvgIpc) is 3.22. The van der Waals surface area contributed by atoms with Crippen LogP contribution in [0.1, 0.15) is 53.4 Å². The third-order valence-electron chi connectivity index (χ3n) is 5.42. The highest BCUT2D eigenvalue weighted by Crippen LogP contribution is 2.35. The lowest BCUT2D eigenvalue weighted by atomic mass is 10.0. The molecule has 4 nitrogen and oxygen atoms in total. The SMILES string of the molecule is COC(=O)COc1ccc(CCCc2sc(-c3ccc(C(F)(F)F)cc3)nc2C(C)C)cc1C. The molecule has 3 rings (SSSR count). The molecule has 0 saturated heterocycles. The molecule has 1 aromatic heterocycles. The van der Waals surface area contributed by atoms with Crippen molar-refractivity contribution in [2.24, 2.45) is 0 Å². The number of rotatable bonds is 9. The number of hydrogen-bond donors (Lipinski definition) is 0. The van der Waals surface area contributed by atoms with Crippen molar-refractivity contribution in [1.29, 1.82) is 0 Å². The number of aryl methyl sites for hydroxylation is 3. The summed E-state index contributed by atoms with van der Waals surface area (Å²) in [6.45, 7) is 5.96. The van der Waals surface area contributed by atoms with Crippen molar-refractivity contribution in [3.8, 4) is 16.3 Å². The molecule has 0 N–H and O–H groups in total. The molecular formula is C26H28F3NO3S. The number of ether oxygens (including phenoxy) is 2. The molecule has 0 saturated carbocycles. The van der Waals surface area contributed by atoms with E-state index >= 15 is 0 Å². The fourth-order valence-corrected chi connectivity index (χ4v) is 4.86. The van der Waals surface area contributed by atoms with Crippen LogP contribution >= 0.6 is 11.3 Å². The summed E-state index contributed by atoms with van der Waals surface area (Å²) in [4.78, 5) is 17.2. The monoisotopic (exact) mass is 491 g/mol. The molecule has 0 fully saturated rings. The van der Waals surface area contributed by atoms with Gasteiger partial charge in [-0.25, -0.2) is 9.78 Å². The number of carbonyl (C=O) groups is 1. The van der Waals surface area contributed by atoms with Crippen molar-refractivity contribution in [2.45, 2.75) is 52.1 Å². The number of methoxy groups -OCH3 is 1. The quantitative estimate of drug-likeness (QED) is 0.303. The van der Waals surface area contributed by atoms with E-state index < -0.39 is 17.7 Å². The zero-order chi connectivity index (χ0) is 24.9. The van der Waals surface area contributed by atoms with Gasteiger partial charge in [-0.1, -0.05) is 38.1 Å². The van der Waals surface area contributed by atoms with Crippen molar-refractivity contribution >= 4 is 17.3 Å². The van der Waals surface area contributed by atoms with E-state index in [1.54, 1.807) is 11.3 Å². The molecule has 0 aliphatic rings. The maximum Gasteiger partial charge on any atom is 0.416 e. The van der Waals surface area contributed by atoms with Crippen molar-refractivity contribution in [3.05, 3.63) is 69.7 Å².